The Hall–Kier alpha value is -1.90. The molecular formula is C18H21NO5S2. The Morgan fingerprint density at radius 2 is 1.69 bits per heavy atom. The molecule has 0 unspecified atom stereocenters. The van der Waals surface area contributed by atoms with Crippen molar-refractivity contribution >= 4 is 25.5 Å². The highest BCUT2D eigenvalue weighted by atomic mass is 32.2. The number of hydrogen-bond acceptors (Lipinski definition) is 5. The molecule has 1 saturated heterocycles. The summed E-state index contributed by atoms with van der Waals surface area (Å²) in [5, 5.41) is 10.3. The molecule has 2 aromatic rings. The minimum atomic E-state index is -4.06. The molecule has 1 aliphatic heterocycles. The summed E-state index contributed by atoms with van der Waals surface area (Å²) in [7, 11) is -7.58. The summed E-state index contributed by atoms with van der Waals surface area (Å²) >= 11 is 0. The van der Waals surface area contributed by atoms with Crippen molar-refractivity contribution in [1.82, 2.24) is 0 Å². The Balaban J connectivity index is 2.20. The average Bonchev–Trinajstić information content (AvgIpc) is 2.83. The highest BCUT2D eigenvalue weighted by Gasteiger charge is 2.45. The van der Waals surface area contributed by atoms with Crippen molar-refractivity contribution in [3.8, 4) is 0 Å². The lowest BCUT2D eigenvalue weighted by atomic mass is 10.2. The molecule has 0 aliphatic carbocycles. The number of nitrogens with zero attached hydrogens (tertiary/aromatic N) is 1. The maximum Gasteiger partial charge on any atom is 0.264 e. The summed E-state index contributed by atoms with van der Waals surface area (Å²) in [5.74, 6) is -0.851. The van der Waals surface area contributed by atoms with E-state index < -0.39 is 43.5 Å². The largest absolute Gasteiger partial charge is 0.390 e. The van der Waals surface area contributed by atoms with Crippen molar-refractivity contribution in [3.05, 3.63) is 59.7 Å². The van der Waals surface area contributed by atoms with Crippen LogP contribution in [-0.4, -0.2) is 45.6 Å². The Morgan fingerprint density at radius 1 is 1.04 bits per heavy atom. The van der Waals surface area contributed by atoms with Crippen molar-refractivity contribution in [2.24, 2.45) is 0 Å². The van der Waals surface area contributed by atoms with Gasteiger partial charge >= 0.3 is 0 Å². The molecule has 1 fully saturated rings. The summed E-state index contributed by atoms with van der Waals surface area (Å²) in [6.07, 6.45) is -1.28. The van der Waals surface area contributed by atoms with Gasteiger partial charge in [0.1, 0.15) is 0 Å². The third-order valence-corrected chi connectivity index (χ3v) is 8.18. The third kappa shape index (κ3) is 3.49. The molecule has 2 aromatic carbocycles. The first-order valence-electron chi connectivity index (χ1n) is 8.17. The number of aryl methyl sites for hydroxylation is 2. The molecule has 26 heavy (non-hydrogen) atoms. The van der Waals surface area contributed by atoms with E-state index in [9.17, 15) is 21.9 Å². The van der Waals surface area contributed by atoms with Crippen molar-refractivity contribution in [2.75, 3.05) is 15.8 Å². The Morgan fingerprint density at radius 3 is 2.27 bits per heavy atom. The van der Waals surface area contributed by atoms with E-state index >= 15 is 0 Å². The fourth-order valence-corrected chi connectivity index (χ4v) is 7.07. The molecule has 0 radical (unpaired) electrons. The lowest BCUT2D eigenvalue weighted by molar-refractivity contribution is 0.184. The predicted molar refractivity (Wildman–Crippen MR) is 100 cm³/mol. The van der Waals surface area contributed by atoms with Gasteiger partial charge in [0, 0.05) is 0 Å². The van der Waals surface area contributed by atoms with Crippen molar-refractivity contribution in [3.63, 3.8) is 0 Å². The number of hydrogen-bond donors (Lipinski definition) is 1. The van der Waals surface area contributed by atoms with E-state index in [4.69, 9.17) is 0 Å². The molecule has 1 N–H and O–H groups in total. The minimum Gasteiger partial charge on any atom is -0.390 e. The first-order chi connectivity index (χ1) is 12.1. The first kappa shape index (κ1) is 18.9. The average molecular weight is 396 g/mol. The zero-order valence-corrected chi connectivity index (χ0v) is 16.2. The quantitative estimate of drug-likeness (QED) is 0.850. The van der Waals surface area contributed by atoms with Crippen LogP contribution >= 0.6 is 0 Å². The summed E-state index contributed by atoms with van der Waals surface area (Å²) in [6, 6.07) is 12.3. The van der Waals surface area contributed by atoms with Gasteiger partial charge in [-0.25, -0.2) is 16.8 Å². The summed E-state index contributed by atoms with van der Waals surface area (Å²) in [5.41, 5.74) is 1.67. The molecule has 1 heterocycles. The molecule has 6 nitrogen and oxygen atoms in total. The number of benzene rings is 2. The highest BCUT2D eigenvalue weighted by molar-refractivity contribution is 7.93. The van der Waals surface area contributed by atoms with Crippen LogP contribution < -0.4 is 4.31 Å². The number of para-hydroxylation sites is 1. The van der Waals surface area contributed by atoms with Crippen molar-refractivity contribution < 1.29 is 21.9 Å². The number of aliphatic hydroxyl groups is 1. The Labute approximate surface area is 154 Å². The Kier molecular flexibility index (Phi) is 4.85. The third-order valence-electron chi connectivity index (χ3n) is 4.49. The fraction of sp³-hybridized carbons (Fsp3) is 0.333. The molecule has 0 bridgehead atoms. The smallest absolute Gasteiger partial charge is 0.264 e. The molecule has 0 saturated carbocycles. The summed E-state index contributed by atoms with van der Waals surface area (Å²) in [6.45, 7) is 3.48. The van der Waals surface area contributed by atoms with Gasteiger partial charge in [-0.3, -0.25) is 4.31 Å². The molecule has 0 amide bonds. The monoisotopic (exact) mass is 395 g/mol. The first-order valence-corrected chi connectivity index (χ1v) is 11.4. The van der Waals surface area contributed by atoms with Crippen molar-refractivity contribution in [2.45, 2.75) is 30.9 Å². The van der Waals surface area contributed by atoms with Gasteiger partial charge < -0.3 is 5.11 Å². The molecule has 3 rings (SSSR count). The van der Waals surface area contributed by atoms with Gasteiger partial charge in [-0.05, 0) is 43.2 Å². The van der Waals surface area contributed by atoms with Crippen LogP contribution in [0.1, 0.15) is 11.1 Å². The van der Waals surface area contributed by atoms with Crippen LogP contribution in [0.25, 0.3) is 0 Å². The minimum absolute atomic E-state index is 0.109. The molecule has 8 heteroatoms. The zero-order valence-electron chi connectivity index (χ0n) is 14.5. The second kappa shape index (κ2) is 6.68. The lowest BCUT2D eigenvalue weighted by Crippen LogP contribution is -2.47. The maximum atomic E-state index is 13.5. The van der Waals surface area contributed by atoms with E-state index in [-0.39, 0.29) is 4.90 Å². The van der Waals surface area contributed by atoms with E-state index in [0.29, 0.717) is 11.3 Å². The van der Waals surface area contributed by atoms with Gasteiger partial charge in [0.15, 0.2) is 9.84 Å². The number of anilines is 1. The van der Waals surface area contributed by atoms with Crippen LogP contribution in [-0.2, 0) is 19.9 Å². The van der Waals surface area contributed by atoms with Crippen LogP contribution in [0.2, 0.25) is 0 Å². The zero-order chi connectivity index (χ0) is 19.1. The van der Waals surface area contributed by atoms with Crippen LogP contribution in [0, 0.1) is 13.8 Å². The fourth-order valence-electron chi connectivity index (χ4n) is 3.21. The van der Waals surface area contributed by atoms with E-state index in [1.807, 2.05) is 6.07 Å². The van der Waals surface area contributed by atoms with Crippen LogP contribution in [0.5, 0.6) is 0 Å². The van der Waals surface area contributed by atoms with E-state index in [1.165, 1.54) is 0 Å². The van der Waals surface area contributed by atoms with Gasteiger partial charge in [0.2, 0.25) is 0 Å². The maximum absolute atomic E-state index is 13.5. The van der Waals surface area contributed by atoms with Gasteiger partial charge in [-0.2, -0.15) is 0 Å². The molecule has 140 valence electrons. The second-order valence-electron chi connectivity index (χ2n) is 6.62. The topological polar surface area (TPSA) is 91.8 Å². The number of aliphatic hydroxyl groups excluding tert-OH is 1. The van der Waals surface area contributed by atoms with Crippen LogP contribution in [0.3, 0.4) is 0 Å². The standard InChI is InChI=1S/C18H21NO5S2/c1-13-8-9-14(2)18(10-13)26(23,24)19(15-6-4-3-5-7-15)16-11-25(21,22)12-17(16)20/h3-10,16-17,20H,11-12H2,1-2H3/t16-,17-/m1/s1. The van der Waals surface area contributed by atoms with Gasteiger partial charge in [0.25, 0.3) is 10.0 Å². The number of rotatable bonds is 4. The summed E-state index contributed by atoms with van der Waals surface area (Å²) in [4.78, 5) is 0.109. The second-order valence-corrected chi connectivity index (χ2v) is 10.6. The highest BCUT2D eigenvalue weighted by Crippen LogP contribution is 2.32. The lowest BCUT2D eigenvalue weighted by Gasteiger charge is -2.32. The number of sulfone groups is 1. The van der Waals surface area contributed by atoms with Gasteiger partial charge in [-0.15, -0.1) is 0 Å². The molecule has 0 aromatic heterocycles. The predicted octanol–water partition coefficient (Wildman–Crippen LogP) is 1.66. The Bertz CT molecular complexity index is 1020. The van der Waals surface area contributed by atoms with E-state index in [2.05, 4.69) is 0 Å². The van der Waals surface area contributed by atoms with Crippen molar-refractivity contribution in [1.29, 1.82) is 0 Å². The van der Waals surface area contributed by atoms with Gasteiger partial charge in [-0.1, -0.05) is 30.3 Å². The van der Waals surface area contributed by atoms with E-state index in [1.54, 1.807) is 56.3 Å². The molecular weight excluding hydrogens is 374 g/mol. The van der Waals surface area contributed by atoms with Gasteiger partial charge in [0.05, 0.1) is 34.2 Å². The number of sulfonamides is 1. The molecule has 2 atom stereocenters. The van der Waals surface area contributed by atoms with Crippen LogP contribution in [0.15, 0.2) is 53.4 Å². The summed E-state index contributed by atoms with van der Waals surface area (Å²) < 4.78 is 52.0. The SMILES string of the molecule is Cc1ccc(C)c(S(=O)(=O)N(c2ccccc2)[C@@H]2CS(=O)(=O)C[C@H]2O)c1. The molecule has 0 spiro atoms. The normalized spacial score (nSPS) is 22.3. The van der Waals surface area contributed by atoms with E-state index in [0.717, 1.165) is 9.87 Å². The molecule has 1 aliphatic rings. The van der Waals surface area contributed by atoms with Crippen LogP contribution in [0.4, 0.5) is 5.69 Å².